The number of nitrogens with zero attached hydrogens (tertiary/aromatic N) is 1. The Hall–Kier alpha value is -1.92. The summed E-state index contributed by atoms with van der Waals surface area (Å²) >= 11 is 0. The van der Waals surface area contributed by atoms with Gasteiger partial charge in [-0.25, -0.2) is 4.79 Å². The summed E-state index contributed by atoms with van der Waals surface area (Å²) in [4.78, 5) is 13.4. The molecule has 1 N–H and O–H groups in total. The molecule has 1 atom stereocenters. The van der Waals surface area contributed by atoms with Gasteiger partial charge < -0.3 is 15.0 Å². The molecule has 1 unspecified atom stereocenters. The van der Waals surface area contributed by atoms with Crippen LogP contribution in [0.15, 0.2) is 24.3 Å². The Kier molecular flexibility index (Phi) is 5.15. The Balaban J connectivity index is 2.00. The fraction of sp³-hybridized carbons (Fsp3) is 0.533. The maximum atomic E-state index is 12.2. The van der Waals surface area contributed by atoms with E-state index in [1.165, 1.54) is 4.90 Å². The molecular weight excluding hydrogens is 297 g/mol. The van der Waals surface area contributed by atoms with Gasteiger partial charge in [0.05, 0.1) is 7.11 Å². The fourth-order valence-electron chi connectivity index (χ4n) is 2.72. The third-order valence-corrected chi connectivity index (χ3v) is 3.73. The number of alkyl halides is 3. The molecule has 0 bridgehead atoms. The van der Waals surface area contributed by atoms with Crippen LogP contribution in [0.5, 0.6) is 5.75 Å². The highest BCUT2D eigenvalue weighted by molar-refractivity contribution is 5.75. The van der Waals surface area contributed by atoms with Crippen molar-refractivity contribution >= 4 is 6.03 Å². The first kappa shape index (κ1) is 16.5. The SMILES string of the molecule is COc1ccccc1CC1CCCN1C(=O)NCC(F)(F)F. The number of nitrogens with one attached hydrogen (secondary N) is 1. The molecule has 7 heteroatoms. The Labute approximate surface area is 127 Å². The van der Waals surface area contributed by atoms with Crippen molar-refractivity contribution in [3.63, 3.8) is 0 Å². The number of hydrogen-bond donors (Lipinski definition) is 1. The summed E-state index contributed by atoms with van der Waals surface area (Å²) in [5.74, 6) is 0.727. The van der Waals surface area contributed by atoms with Gasteiger partial charge in [0.15, 0.2) is 0 Å². The lowest BCUT2D eigenvalue weighted by Gasteiger charge is -2.26. The fourth-order valence-corrected chi connectivity index (χ4v) is 2.72. The molecule has 0 spiro atoms. The molecule has 0 saturated carbocycles. The van der Waals surface area contributed by atoms with Crippen LogP contribution in [0.4, 0.5) is 18.0 Å². The van der Waals surface area contributed by atoms with E-state index >= 15 is 0 Å². The highest BCUT2D eigenvalue weighted by atomic mass is 19.4. The molecule has 1 aromatic carbocycles. The number of ether oxygens (including phenoxy) is 1. The molecule has 0 aromatic heterocycles. The zero-order valence-electron chi connectivity index (χ0n) is 12.3. The number of likely N-dealkylation sites (tertiary alicyclic amines) is 1. The van der Waals surface area contributed by atoms with E-state index in [0.717, 1.165) is 24.2 Å². The van der Waals surface area contributed by atoms with Gasteiger partial charge in [-0.15, -0.1) is 0 Å². The smallest absolute Gasteiger partial charge is 0.405 e. The van der Waals surface area contributed by atoms with Crippen molar-refractivity contribution in [2.24, 2.45) is 0 Å². The van der Waals surface area contributed by atoms with Gasteiger partial charge in [0, 0.05) is 12.6 Å². The minimum atomic E-state index is -4.40. The number of rotatable bonds is 4. The quantitative estimate of drug-likeness (QED) is 0.928. The van der Waals surface area contributed by atoms with E-state index in [2.05, 4.69) is 0 Å². The monoisotopic (exact) mass is 316 g/mol. The number of hydrogen-bond acceptors (Lipinski definition) is 2. The van der Waals surface area contributed by atoms with Crippen molar-refractivity contribution in [3.8, 4) is 5.75 Å². The van der Waals surface area contributed by atoms with Crippen LogP contribution in [0.2, 0.25) is 0 Å². The van der Waals surface area contributed by atoms with Crippen LogP contribution in [0.3, 0.4) is 0 Å². The first-order chi connectivity index (χ1) is 10.4. The maximum Gasteiger partial charge on any atom is 0.405 e. The molecule has 2 rings (SSSR count). The summed E-state index contributed by atoms with van der Waals surface area (Å²) in [5, 5.41) is 1.94. The molecule has 122 valence electrons. The number of carbonyl (C=O) groups excluding carboxylic acids is 1. The van der Waals surface area contributed by atoms with Crippen molar-refractivity contribution in [1.29, 1.82) is 0 Å². The first-order valence-corrected chi connectivity index (χ1v) is 7.14. The van der Waals surface area contributed by atoms with Crippen LogP contribution in [-0.2, 0) is 6.42 Å². The van der Waals surface area contributed by atoms with Crippen LogP contribution in [0, 0.1) is 0 Å². The summed E-state index contributed by atoms with van der Waals surface area (Å²) < 4.78 is 41.9. The minimum Gasteiger partial charge on any atom is -0.496 e. The summed E-state index contributed by atoms with van der Waals surface area (Å²) in [7, 11) is 1.57. The number of urea groups is 1. The molecule has 0 radical (unpaired) electrons. The lowest BCUT2D eigenvalue weighted by Crippen LogP contribution is -2.46. The molecule has 2 amide bonds. The summed E-state index contributed by atoms with van der Waals surface area (Å²) in [6, 6.07) is 6.70. The van der Waals surface area contributed by atoms with E-state index < -0.39 is 18.8 Å². The highest BCUT2D eigenvalue weighted by Crippen LogP contribution is 2.26. The van der Waals surface area contributed by atoms with Crippen molar-refractivity contribution < 1.29 is 22.7 Å². The van der Waals surface area contributed by atoms with Crippen LogP contribution < -0.4 is 10.1 Å². The summed E-state index contributed by atoms with van der Waals surface area (Å²) in [6.45, 7) is -0.826. The largest absolute Gasteiger partial charge is 0.496 e. The number of halogens is 3. The molecule has 1 aromatic rings. The average Bonchev–Trinajstić information content (AvgIpc) is 2.93. The summed E-state index contributed by atoms with van der Waals surface area (Å²) in [6.07, 6.45) is -2.26. The van der Waals surface area contributed by atoms with Crippen LogP contribution in [0.1, 0.15) is 18.4 Å². The number of benzene rings is 1. The average molecular weight is 316 g/mol. The third-order valence-electron chi connectivity index (χ3n) is 3.73. The summed E-state index contributed by atoms with van der Waals surface area (Å²) in [5.41, 5.74) is 0.950. The van der Waals surface area contributed by atoms with E-state index in [1.807, 2.05) is 29.6 Å². The van der Waals surface area contributed by atoms with Gasteiger partial charge in [0.2, 0.25) is 0 Å². The molecule has 22 heavy (non-hydrogen) atoms. The number of methoxy groups -OCH3 is 1. The molecule has 4 nitrogen and oxygen atoms in total. The Morgan fingerprint density at radius 2 is 2.14 bits per heavy atom. The van der Waals surface area contributed by atoms with Crippen molar-refractivity contribution in [2.45, 2.75) is 31.5 Å². The molecular formula is C15H19F3N2O2. The highest BCUT2D eigenvalue weighted by Gasteiger charge is 2.33. The maximum absolute atomic E-state index is 12.2. The van der Waals surface area contributed by atoms with Gasteiger partial charge in [-0.2, -0.15) is 13.2 Å². The van der Waals surface area contributed by atoms with Crippen molar-refractivity contribution in [1.82, 2.24) is 10.2 Å². The van der Waals surface area contributed by atoms with Crippen molar-refractivity contribution in [2.75, 3.05) is 20.2 Å². The van der Waals surface area contributed by atoms with Gasteiger partial charge in [0.25, 0.3) is 0 Å². The van der Waals surface area contributed by atoms with Gasteiger partial charge >= 0.3 is 12.2 Å². The lowest BCUT2D eigenvalue weighted by atomic mass is 10.0. The number of carbonyl (C=O) groups is 1. The van der Waals surface area contributed by atoms with Gasteiger partial charge in [0.1, 0.15) is 12.3 Å². The molecule has 1 heterocycles. The molecule has 1 saturated heterocycles. The van der Waals surface area contributed by atoms with E-state index in [-0.39, 0.29) is 6.04 Å². The van der Waals surface area contributed by atoms with E-state index in [9.17, 15) is 18.0 Å². The Bertz CT molecular complexity index is 520. The second-order valence-corrected chi connectivity index (χ2v) is 5.28. The molecule has 1 aliphatic heterocycles. The minimum absolute atomic E-state index is 0.107. The van der Waals surface area contributed by atoms with Crippen LogP contribution >= 0.6 is 0 Å². The Morgan fingerprint density at radius 1 is 1.41 bits per heavy atom. The number of amides is 2. The normalized spacial score (nSPS) is 18.4. The van der Waals surface area contributed by atoms with E-state index in [0.29, 0.717) is 13.0 Å². The standard InChI is InChI=1S/C15H19F3N2O2/c1-22-13-7-3-2-5-11(13)9-12-6-4-8-20(12)14(21)19-10-15(16,17)18/h2-3,5,7,12H,4,6,8-10H2,1H3,(H,19,21). The molecule has 1 fully saturated rings. The van der Waals surface area contributed by atoms with Gasteiger partial charge in [-0.3, -0.25) is 0 Å². The van der Waals surface area contributed by atoms with Crippen LogP contribution in [-0.4, -0.2) is 43.3 Å². The molecule has 1 aliphatic rings. The second-order valence-electron chi connectivity index (χ2n) is 5.28. The van der Waals surface area contributed by atoms with E-state index in [1.54, 1.807) is 7.11 Å². The van der Waals surface area contributed by atoms with Crippen molar-refractivity contribution in [3.05, 3.63) is 29.8 Å². The molecule has 0 aliphatic carbocycles. The zero-order valence-corrected chi connectivity index (χ0v) is 12.3. The van der Waals surface area contributed by atoms with E-state index in [4.69, 9.17) is 4.74 Å². The third kappa shape index (κ3) is 4.29. The van der Waals surface area contributed by atoms with Gasteiger partial charge in [-0.1, -0.05) is 18.2 Å². The van der Waals surface area contributed by atoms with Gasteiger partial charge in [-0.05, 0) is 30.9 Å². The Morgan fingerprint density at radius 3 is 2.82 bits per heavy atom. The topological polar surface area (TPSA) is 41.6 Å². The first-order valence-electron chi connectivity index (χ1n) is 7.14. The van der Waals surface area contributed by atoms with Crippen LogP contribution in [0.25, 0.3) is 0 Å². The zero-order chi connectivity index (χ0) is 16.2. The predicted molar refractivity (Wildman–Crippen MR) is 75.9 cm³/mol. The predicted octanol–water partition coefficient (Wildman–Crippen LogP) is 2.97. The lowest BCUT2D eigenvalue weighted by molar-refractivity contribution is -0.123. The second kappa shape index (κ2) is 6.89. The number of para-hydroxylation sites is 1.